The van der Waals surface area contributed by atoms with E-state index < -0.39 is 23.8 Å². The number of aliphatic hydroxyl groups is 1. The van der Waals surface area contributed by atoms with Gasteiger partial charge in [0.05, 0.1) is 13.1 Å². The van der Waals surface area contributed by atoms with Crippen LogP contribution in [0.1, 0.15) is 25.3 Å². The Morgan fingerprint density at radius 1 is 1.17 bits per heavy atom. The van der Waals surface area contributed by atoms with Gasteiger partial charge in [-0.05, 0) is 42.7 Å². The van der Waals surface area contributed by atoms with E-state index in [9.17, 15) is 19.2 Å². The van der Waals surface area contributed by atoms with Gasteiger partial charge in [0.2, 0.25) is 17.7 Å². The van der Waals surface area contributed by atoms with Crippen LogP contribution in [0.15, 0.2) is 29.6 Å². The Bertz CT molecular complexity index is 837. The van der Waals surface area contributed by atoms with Crippen LogP contribution < -0.4 is 22.1 Å². The molecule has 7 N–H and O–H groups in total. The van der Waals surface area contributed by atoms with Gasteiger partial charge in [-0.3, -0.25) is 19.2 Å². The van der Waals surface area contributed by atoms with Gasteiger partial charge in [0.15, 0.2) is 0 Å². The first-order valence-electron chi connectivity index (χ1n) is 9.17. The van der Waals surface area contributed by atoms with Gasteiger partial charge in [-0.15, -0.1) is 11.3 Å². The Kier molecular flexibility index (Phi) is 13.7. The summed E-state index contributed by atoms with van der Waals surface area (Å²) in [5.74, 6) is -1.88. The fraction of sp³-hybridized carbons (Fsp3) is 0.400. The van der Waals surface area contributed by atoms with Crippen LogP contribution in [-0.2, 0) is 19.2 Å². The molecular formula is C20H30N4O5S. The van der Waals surface area contributed by atoms with Crippen molar-refractivity contribution in [2.45, 2.75) is 32.7 Å². The number of hydrogen-bond acceptors (Lipinski definition) is 7. The molecule has 1 unspecified atom stereocenters. The number of thiophene rings is 1. The predicted octanol–water partition coefficient (Wildman–Crippen LogP) is 0.219. The normalized spacial score (nSPS) is 10.6. The number of aryl methyl sites for hydroxylation is 1. The lowest BCUT2D eigenvalue weighted by Gasteiger charge is -2.17. The third kappa shape index (κ3) is 10.6. The van der Waals surface area contributed by atoms with Gasteiger partial charge in [-0.2, -0.15) is 0 Å². The van der Waals surface area contributed by atoms with E-state index in [-0.39, 0.29) is 31.7 Å². The zero-order valence-corrected chi connectivity index (χ0v) is 18.3. The maximum atomic E-state index is 11.6. The first-order chi connectivity index (χ1) is 14.2. The van der Waals surface area contributed by atoms with E-state index in [0.717, 1.165) is 7.11 Å². The summed E-state index contributed by atoms with van der Waals surface area (Å²) in [5.41, 5.74) is 11.5. The molecular weight excluding hydrogens is 408 g/mol. The summed E-state index contributed by atoms with van der Waals surface area (Å²) in [6.45, 7) is 3.06. The number of carbonyl (C=O) groups is 4. The summed E-state index contributed by atoms with van der Waals surface area (Å²) >= 11 is 1.81. The number of primary amides is 1. The molecule has 9 nitrogen and oxygen atoms in total. The van der Waals surface area contributed by atoms with E-state index in [4.69, 9.17) is 16.6 Å². The highest BCUT2D eigenvalue weighted by molar-refractivity contribution is 7.17. The summed E-state index contributed by atoms with van der Waals surface area (Å²) in [4.78, 5) is 44.1. The Balaban J connectivity index is 0.000000581. The minimum atomic E-state index is -0.923. The minimum absolute atomic E-state index is 0.0526. The van der Waals surface area contributed by atoms with E-state index in [1.54, 1.807) is 0 Å². The lowest BCUT2D eigenvalue weighted by atomic mass is 10.1. The van der Waals surface area contributed by atoms with Crippen molar-refractivity contribution >= 4 is 44.9 Å². The quantitative estimate of drug-likeness (QED) is 0.395. The average Bonchev–Trinajstić information content (AvgIpc) is 3.12. The van der Waals surface area contributed by atoms with Crippen LogP contribution in [0.25, 0.3) is 10.1 Å². The number of carbonyl (C=O) groups excluding carboxylic acids is 4. The van der Waals surface area contributed by atoms with Crippen molar-refractivity contribution < 1.29 is 24.3 Å². The third-order valence-corrected chi connectivity index (χ3v) is 4.78. The van der Waals surface area contributed by atoms with E-state index in [2.05, 4.69) is 47.2 Å². The average molecular weight is 439 g/mol. The van der Waals surface area contributed by atoms with E-state index >= 15 is 0 Å². The van der Waals surface area contributed by atoms with Gasteiger partial charge in [0.25, 0.3) is 0 Å². The largest absolute Gasteiger partial charge is 0.400 e. The second kappa shape index (κ2) is 15.1. The molecule has 10 heteroatoms. The Morgan fingerprint density at radius 2 is 1.80 bits per heavy atom. The Morgan fingerprint density at radius 3 is 2.33 bits per heavy atom. The molecule has 0 saturated carbocycles. The van der Waals surface area contributed by atoms with Gasteiger partial charge in [0, 0.05) is 18.2 Å². The molecule has 0 aliphatic heterocycles. The maximum Gasteiger partial charge on any atom is 0.242 e. The van der Waals surface area contributed by atoms with Crippen molar-refractivity contribution in [3.63, 3.8) is 0 Å². The fourth-order valence-corrected chi connectivity index (χ4v) is 3.20. The molecule has 0 aliphatic carbocycles. The van der Waals surface area contributed by atoms with Crippen molar-refractivity contribution in [3.8, 4) is 0 Å². The number of hydrogen-bond donors (Lipinski definition) is 5. The second-order valence-electron chi connectivity index (χ2n) is 6.16. The number of nitrogens with one attached hydrogen (secondary N) is 2. The molecule has 1 aromatic carbocycles. The standard InChI is InChI=1S/C10H18N4O4.C9H8S.CH4O/c1-6(15)5-13-10(18)7(2-3-8(12)16)14-9(17)4-11;1-7-6-10-9-5-3-2-4-8(7)9;1-2/h7H,2-5,11H2,1H3,(H2,12,16)(H,13,18)(H,14,17);2-6H,1H3;2H,1H3. The fourth-order valence-electron chi connectivity index (χ4n) is 2.25. The Hall–Kier alpha value is -2.82. The topological polar surface area (TPSA) is 165 Å². The number of rotatable bonds is 8. The highest BCUT2D eigenvalue weighted by atomic mass is 32.1. The smallest absolute Gasteiger partial charge is 0.242 e. The van der Waals surface area contributed by atoms with Crippen LogP contribution >= 0.6 is 11.3 Å². The SMILES string of the molecule is CC(=O)CNC(=O)C(CCC(N)=O)NC(=O)CN.CO.Cc1csc2ccccc12. The van der Waals surface area contributed by atoms with Crippen LogP contribution in [-0.4, -0.2) is 54.9 Å². The van der Waals surface area contributed by atoms with Gasteiger partial charge in [-0.1, -0.05) is 18.2 Å². The molecule has 0 radical (unpaired) electrons. The number of amides is 3. The minimum Gasteiger partial charge on any atom is -0.400 e. The molecule has 1 aromatic heterocycles. The first-order valence-corrected chi connectivity index (χ1v) is 10.0. The van der Waals surface area contributed by atoms with Gasteiger partial charge in [0.1, 0.15) is 11.8 Å². The summed E-state index contributed by atoms with van der Waals surface area (Å²) in [5, 5.41) is 15.3. The predicted molar refractivity (Wildman–Crippen MR) is 118 cm³/mol. The highest BCUT2D eigenvalue weighted by Gasteiger charge is 2.20. The maximum absolute atomic E-state index is 11.6. The Labute approximate surface area is 179 Å². The van der Waals surface area contributed by atoms with Gasteiger partial charge < -0.3 is 27.2 Å². The number of fused-ring (bicyclic) bond motifs is 1. The summed E-state index contributed by atoms with van der Waals surface area (Å²) in [6, 6.07) is 7.57. The van der Waals surface area contributed by atoms with Crippen LogP contribution in [0.2, 0.25) is 0 Å². The monoisotopic (exact) mass is 438 g/mol. The lowest BCUT2D eigenvalue weighted by molar-refractivity contribution is -0.130. The second-order valence-corrected chi connectivity index (χ2v) is 7.08. The zero-order chi connectivity index (χ0) is 23.1. The number of Topliss-reactive ketones (excluding diaryl/α,β-unsaturated/α-hetero) is 1. The molecule has 2 aromatic rings. The molecule has 1 heterocycles. The van der Waals surface area contributed by atoms with E-state index in [0.29, 0.717) is 0 Å². The molecule has 0 spiro atoms. The van der Waals surface area contributed by atoms with Crippen LogP contribution in [0.5, 0.6) is 0 Å². The van der Waals surface area contributed by atoms with Crippen molar-refractivity contribution in [2.24, 2.45) is 11.5 Å². The molecule has 0 saturated heterocycles. The molecule has 2 rings (SSSR count). The van der Waals surface area contributed by atoms with E-state index in [1.807, 2.05) is 11.3 Å². The van der Waals surface area contributed by atoms with Crippen LogP contribution in [0.4, 0.5) is 0 Å². The van der Waals surface area contributed by atoms with Gasteiger partial charge >= 0.3 is 0 Å². The molecule has 0 bridgehead atoms. The third-order valence-electron chi connectivity index (χ3n) is 3.70. The van der Waals surface area contributed by atoms with Crippen LogP contribution in [0.3, 0.4) is 0 Å². The van der Waals surface area contributed by atoms with Gasteiger partial charge in [-0.25, -0.2) is 0 Å². The lowest BCUT2D eigenvalue weighted by Crippen LogP contribution is -2.49. The summed E-state index contributed by atoms with van der Waals surface area (Å²) in [7, 11) is 1.00. The first kappa shape index (κ1) is 27.2. The number of aliphatic hydroxyl groups excluding tert-OH is 1. The van der Waals surface area contributed by atoms with Crippen LogP contribution in [0, 0.1) is 6.92 Å². The van der Waals surface area contributed by atoms with Crippen molar-refractivity contribution in [2.75, 3.05) is 20.2 Å². The molecule has 0 aliphatic rings. The molecule has 166 valence electrons. The molecule has 0 fully saturated rings. The highest BCUT2D eigenvalue weighted by Crippen LogP contribution is 2.24. The van der Waals surface area contributed by atoms with Crippen molar-refractivity contribution in [3.05, 3.63) is 35.2 Å². The molecule has 3 amide bonds. The number of benzene rings is 1. The summed E-state index contributed by atoms with van der Waals surface area (Å²) in [6.07, 6.45) is 0.00776. The zero-order valence-electron chi connectivity index (χ0n) is 17.4. The number of nitrogens with two attached hydrogens (primary N) is 2. The summed E-state index contributed by atoms with van der Waals surface area (Å²) < 4.78 is 1.39. The van der Waals surface area contributed by atoms with Crippen molar-refractivity contribution in [1.29, 1.82) is 0 Å². The molecule has 1 atom stereocenters. The van der Waals surface area contributed by atoms with E-state index in [1.165, 1.54) is 22.6 Å². The number of ketones is 1. The molecule has 30 heavy (non-hydrogen) atoms. The van der Waals surface area contributed by atoms with Crippen molar-refractivity contribution in [1.82, 2.24) is 10.6 Å².